The fraction of sp³-hybridized carbons (Fsp3) is 0.257. The Balaban J connectivity index is 1.28. The van der Waals surface area contributed by atoms with Gasteiger partial charge in [0, 0.05) is 11.1 Å². The molecule has 0 amide bonds. The van der Waals surface area contributed by atoms with E-state index >= 15 is 0 Å². The summed E-state index contributed by atoms with van der Waals surface area (Å²) >= 11 is 0. The first-order chi connectivity index (χ1) is 20.3. The third kappa shape index (κ3) is 7.10. The Kier molecular flexibility index (Phi) is 8.77. The average molecular weight is 566 g/mol. The molecule has 1 aromatic heterocycles. The van der Waals surface area contributed by atoms with Crippen molar-refractivity contribution in [2.45, 2.75) is 39.2 Å². The van der Waals surface area contributed by atoms with Crippen molar-refractivity contribution in [3.63, 3.8) is 0 Å². The van der Waals surface area contributed by atoms with E-state index in [-0.39, 0.29) is 18.4 Å². The monoisotopic (exact) mass is 565 g/mol. The number of carbonyl (C=O) groups is 2. The molecule has 0 bridgehead atoms. The second-order valence-corrected chi connectivity index (χ2v) is 10.8. The minimum Gasteiger partial charge on any atom is -0.490 e. The van der Waals surface area contributed by atoms with Crippen LogP contribution in [-0.4, -0.2) is 39.9 Å². The summed E-state index contributed by atoms with van der Waals surface area (Å²) < 4.78 is 13.3. The molecule has 5 rings (SSSR count). The lowest BCUT2D eigenvalue weighted by Gasteiger charge is -2.13. The molecule has 1 fully saturated rings. The lowest BCUT2D eigenvalue weighted by molar-refractivity contribution is -0.139. The van der Waals surface area contributed by atoms with Crippen LogP contribution in [0.3, 0.4) is 0 Å². The number of fused-ring (bicyclic) bond motifs is 1. The summed E-state index contributed by atoms with van der Waals surface area (Å²) in [7, 11) is 0. The Morgan fingerprint density at radius 1 is 0.833 bits per heavy atom. The van der Waals surface area contributed by atoms with Crippen LogP contribution in [0.1, 0.15) is 41.6 Å². The molecule has 1 aliphatic rings. The van der Waals surface area contributed by atoms with Crippen molar-refractivity contribution in [1.82, 2.24) is 4.57 Å². The van der Waals surface area contributed by atoms with Crippen LogP contribution in [0.15, 0.2) is 84.9 Å². The van der Waals surface area contributed by atoms with Gasteiger partial charge in [0.15, 0.2) is 0 Å². The second-order valence-electron chi connectivity index (χ2n) is 10.8. The van der Waals surface area contributed by atoms with E-state index in [1.807, 2.05) is 109 Å². The quantitative estimate of drug-likeness (QED) is 0.126. The predicted molar refractivity (Wildman–Crippen MR) is 164 cm³/mol. The van der Waals surface area contributed by atoms with E-state index in [1.165, 1.54) is 0 Å². The second kappa shape index (κ2) is 12.8. The van der Waals surface area contributed by atoms with Gasteiger partial charge in [-0.1, -0.05) is 60.7 Å². The van der Waals surface area contributed by atoms with Gasteiger partial charge in [-0.2, -0.15) is 0 Å². The Hall–Kier alpha value is -4.78. The Morgan fingerprint density at radius 2 is 1.50 bits per heavy atom. The van der Waals surface area contributed by atoms with Crippen molar-refractivity contribution in [2.24, 2.45) is 5.41 Å². The van der Waals surface area contributed by atoms with E-state index < -0.39 is 11.9 Å². The van der Waals surface area contributed by atoms with Crippen LogP contribution in [0.2, 0.25) is 0 Å². The van der Waals surface area contributed by atoms with E-state index in [0.717, 1.165) is 57.6 Å². The van der Waals surface area contributed by atoms with Crippen molar-refractivity contribution in [2.75, 3.05) is 13.2 Å². The van der Waals surface area contributed by atoms with Crippen molar-refractivity contribution in [1.29, 1.82) is 0 Å². The first kappa shape index (κ1) is 28.7. The normalized spacial score (nSPS) is 14.0. The van der Waals surface area contributed by atoms with Crippen LogP contribution >= 0.6 is 0 Å². The fourth-order valence-electron chi connectivity index (χ4n) is 5.41. The zero-order chi connectivity index (χ0) is 29.5. The van der Waals surface area contributed by atoms with E-state index in [4.69, 9.17) is 9.47 Å². The van der Waals surface area contributed by atoms with Gasteiger partial charge in [0.25, 0.3) is 0 Å². The van der Waals surface area contributed by atoms with Crippen LogP contribution < -0.4 is 9.47 Å². The molecule has 1 saturated carbocycles. The maximum atomic E-state index is 11.8. The van der Waals surface area contributed by atoms with Gasteiger partial charge in [0.1, 0.15) is 31.3 Å². The molecule has 1 aliphatic carbocycles. The molecule has 4 aromatic rings. The first-order valence-corrected chi connectivity index (χ1v) is 14.1. The third-order valence-corrected chi connectivity index (χ3v) is 7.77. The smallest absolute Gasteiger partial charge is 0.323 e. The largest absolute Gasteiger partial charge is 0.490 e. The predicted octanol–water partition coefficient (Wildman–Crippen LogP) is 7.02. The molecule has 0 saturated heterocycles. The van der Waals surface area contributed by atoms with Crippen LogP contribution in [-0.2, 0) is 22.6 Å². The summed E-state index contributed by atoms with van der Waals surface area (Å²) in [6.45, 7) is 2.69. The van der Waals surface area contributed by atoms with Gasteiger partial charge in [-0.25, -0.2) is 0 Å². The fourth-order valence-corrected chi connectivity index (χ4v) is 5.41. The van der Waals surface area contributed by atoms with Gasteiger partial charge in [0.05, 0.1) is 11.9 Å². The maximum Gasteiger partial charge on any atom is 0.323 e. The third-order valence-electron chi connectivity index (χ3n) is 7.77. The SMILES string of the molecule is Cc1c(CC2(CC(=O)O)CC2)c2cccc(C=Cc3ccc(OC/C=C/COc4ccccc4)cc3)c2n1CC(=O)O. The number of hydrogen-bond donors (Lipinski definition) is 2. The molecule has 0 unspecified atom stereocenters. The van der Waals surface area contributed by atoms with Crippen LogP contribution in [0.25, 0.3) is 23.1 Å². The number of benzene rings is 3. The zero-order valence-corrected chi connectivity index (χ0v) is 23.7. The topological polar surface area (TPSA) is 98.0 Å². The molecular formula is C35H35NO6. The maximum absolute atomic E-state index is 11.8. The first-order valence-electron chi connectivity index (χ1n) is 14.1. The number of ether oxygens (including phenoxy) is 2. The van der Waals surface area contributed by atoms with Gasteiger partial charge in [-0.15, -0.1) is 0 Å². The van der Waals surface area contributed by atoms with E-state index in [2.05, 4.69) is 0 Å². The van der Waals surface area contributed by atoms with Gasteiger partial charge in [-0.05, 0) is 84.7 Å². The van der Waals surface area contributed by atoms with E-state index in [0.29, 0.717) is 19.6 Å². The number of nitrogens with zero attached hydrogens (tertiary/aromatic N) is 1. The van der Waals surface area contributed by atoms with Gasteiger partial charge < -0.3 is 24.3 Å². The number of aromatic nitrogens is 1. The number of aliphatic carboxylic acids is 2. The molecule has 3 aromatic carbocycles. The van der Waals surface area contributed by atoms with Crippen LogP contribution in [0, 0.1) is 12.3 Å². The van der Waals surface area contributed by atoms with Crippen molar-refractivity contribution in [3.8, 4) is 11.5 Å². The molecule has 7 nitrogen and oxygen atoms in total. The van der Waals surface area contributed by atoms with Gasteiger partial charge in [-0.3, -0.25) is 9.59 Å². The molecule has 0 radical (unpaired) electrons. The lowest BCUT2D eigenvalue weighted by Crippen LogP contribution is -2.13. The summed E-state index contributed by atoms with van der Waals surface area (Å²) in [5.74, 6) is -0.115. The standard InChI is InChI=1S/C35H35NO6/c1-25-31(22-35(18-19-35)23-32(37)38)30-11-7-8-27(34(30)36(25)24-33(39)40)15-12-26-13-16-29(17-14-26)42-21-6-5-20-41-28-9-3-2-4-10-28/h2-17H,18-24H2,1H3,(H,37,38)(H,39,40)/b6-5+,15-12?. The molecule has 0 spiro atoms. The number of rotatable bonds is 14. The van der Waals surface area contributed by atoms with Gasteiger partial charge >= 0.3 is 11.9 Å². The summed E-state index contributed by atoms with van der Waals surface area (Å²) in [6.07, 6.45) is 10.4. The Bertz CT molecular complexity index is 1610. The molecule has 1 heterocycles. The molecule has 216 valence electrons. The summed E-state index contributed by atoms with van der Waals surface area (Å²) in [5, 5.41) is 20.1. The highest BCUT2D eigenvalue weighted by atomic mass is 16.5. The number of para-hydroxylation sites is 2. The van der Waals surface area contributed by atoms with Crippen molar-refractivity contribution < 1.29 is 29.3 Å². The Morgan fingerprint density at radius 3 is 2.12 bits per heavy atom. The van der Waals surface area contributed by atoms with Crippen molar-refractivity contribution in [3.05, 3.63) is 107 Å². The van der Waals surface area contributed by atoms with E-state index in [1.54, 1.807) is 0 Å². The minimum atomic E-state index is -0.916. The van der Waals surface area contributed by atoms with Crippen LogP contribution in [0.5, 0.6) is 11.5 Å². The number of carboxylic acid groups (broad SMARTS) is 2. The lowest BCUT2D eigenvalue weighted by atomic mass is 9.91. The van der Waals surface area contributed by atoms with Crippen molar-refractivity contribution >= 4 is 35.0 Å². The minimum absolute atomic E-state index is 0.135. The molecular weight excluding hydrogens is 530 g/mol. The molecule has 7 heteroatoms. The molecule has 0 atom stereocenters. The highest BCUT2D eigenvalue weighted by Gasteiger charge is 2.45. The highest BCUT2D eigenvalue weighted by molar-refractivity contribution is 5.95. The van der Waals surface area contributed by atoms with Gasteiger partial charge in [0.2, 0.25) is 0 Å². The summed E-state index contributed by atoms with van der Waals surface area (Å²) in [4.78, 5) is 23.3. The Labute approximate surface area is 245 Å². The molecule has 42 heavy (non-hydrogen) atoms. The summed E-state index contributed by atoms with van der Waals surface area (Å²) in [6, 6.07) is 23.4. The number of carboxylic acids is 2. The number of hydrogen-bond acceptors (Lipinski definition) is 4. The highest BCUT2D eigenvalue weighted by Crippen LogP contribution is 2.52. The van der Waals surface area contributed by atoms with Crippen LogP contribution in [0.4, 0.5) is 0 Å². The average Bonchev–Trinajstić information content (AvgIpc) is 3.68. The summed E-state index contributed by atoms with van der Waals surface area (Å²) in [5.41, 5.74) is 4.44. The van der Waals surface area contributed by atoms with E-state index in [9.17, 15) is 19.8 Å². The zero-order valence-electron chi connectivity index (χ0n) is 23.7. The molecule has 2 N–H and O–H groups in total. The molecule has 0 aliphatic heterocycles.